The van der Waals surface area contributed by atoms with Crippen LogP contribution in [0.1, 0.15) is 18.9 Å². The van der Waals surface area contributed by atoms with Gasteiger partial charge in [0.25, 0.3) is 0 Å². The van der Waals surface area contributed by atoms with Gasteiger partial charge in [-0.3, -0.25) is 9.59 Å². The molecule has 0 unspecified atom stereocenters. The lowest BCUT2D eigenvalue weighted by Gasteiger charge is -2.19. The molecule has 5 nitrogen and oxygen atoms in total. The predicted octanol–water partition coefficient (Wildman–Crippen LogP) is 0.976. The van der Waals surface area contributed by atoms with Gasteiger partial charge in [-0.05, 0) is 24.6 Å². The molecule has 1 aromatic carbocycles. The van der Waals surface area contributed by atoms with Crippen LogP contribution >= 0.6 is 0 Å². The van der Waals surface area contributed by atoms with Gasteiger partial charge < -0.3 is 15.0 Å². The molecule has 1 aliphatic rings. The zero-order valence-corrected chi connectivity index (χ0v) is 11.7. The molecule has 20 heavy (non-hydrogen) atoms. The van der Waals surface area contributed by atoms with Crippen molar-refractivity contribution in [3.05, 3.63) is 29.8 Å². The maximum Gasteiger partial charge on any atom is 0.227 e. The average molecular weight is 276 g/mol. The zero-order valence-electron chi connectivity index (χ0n) is 11.7. The van der Waals surface area contributed by atoms with E-state index in [-0.39, 0.29) is 11.8 Å². The van der Waals surface area contributed by atoms with Crippen LogP contribution in [-0.4, -0.2) is 43.0 Å². The maximum atomic E-state index is 12.2. The van der Waals surface area contributed by atoms with Gasteiger partial charge in [-0.15, -0.1) is 0 Å². The van der Waals surface area contributed by atoms with Gasteiger partial charge in [-0.1, -0.05) is 12.1 Å². The summed E-state index contributed by atoms with van der Waals surface area (Å²) in [5.74, 6) is 0.889. The summed E-state index contributed by atoms with van der Waals surface area (Å²) >= 11 is 0. The van der Waals surface area contributed by atoms with Crippen molar-refractivity contribution < 1.29 is 14.3 Å². The van der Waals surface area contributed by atoms with Crippen LogP contribution in [0.2, 0.25) is 0 Å². The number of carbonyl (C=O) groups excluding carboxylic acids is 2. The molecule has 5 heteroatoms. The number of carbonyl (C=O) groups is 2. The predicted molar refractivity (Wildman–Crippen MR) is 75.5 cm³/mol. The first-order valence-corrected chi connectivity index (χ1v) is 6.95. The number of nitrogens with zero attached hydrogens (tertiary/aromatic N) is 1. The number of hydrogen-bond acceptors (Lipinski definition) is 3. The van der Waals surface area contributed by atoms with Gasteiger partial charge in [0, 0.05) is 26.1 Å². The normalized spacial score (nSPS) is 15.4. The van der Waals surface area contributed by atoms with E-state index < -0.39 is 0 Å². The molecule has 0 aliphatic carbocycles. The second-order valence-electron chi connectivity index (χ2n) is 4.73. The van der Waals surface area contributed by atoms with Crippen LogP contribution in [0.3, 0.4) is 0 Å². The van der Waals surface area contributed by atoms with Crippen LogP contribution in [0.15, 0.2) is 24.3 Å². The molecular weight excluding hydrogens is 256 g/mol. The molecule has 0 bridgehead atoms. The molecule has 1 saturated heterocycles. The molecule has 1 aromatic rings. The van der Waals surface area contributed by atoms with Crippen molar-refractivity contribution in [3.63, 3.8) is 0 Å². The van der Waals surface area contributed by atoms with E-state index in [2.05, 4.69) is 5.32 Å². The molecule has 0 radical (unpaired) electrons. The largest absolute Gasteiger partial charge is 0.494 e. The van der Waals surface area contributed by atoms with Crippen LogP contribution in [-0.2, 0) is 16.0 Å². The SMILES string of the molecule is CCOc1ccc(CC(=O)N2CCNC(=O)CC2)cc1. The third-order valence-corrected chi connectivity index (χ3v) is 3.26. The topological polar surface area (TPSA) is 58.6 Å². The Bertz CT molecular complexity index is 471. The molecule has 0 aromatic heterocycles. The monoisotopic (exact) mass is 276 g/mol. The second-order valence-corrected chi connectivity index (χ2v) is 4.73. The highest BCUT2D eigenvalue weighted by Gasteiger charge is 2.18. The van der Waals surface area contributed by atoms with Crippen molar-refractivity contribution in [3.8, 4) is 5.75 Å². The van der Waals surface area contributed by atoms with Crippen molar-refractivity contribution in [2.45, 2.75) is 19.8 Å². The van der Waals surface area contributed by atoms with Crippen LogP contribution in [0.25, 0.3) is 0 Å². The lowest BCUT2D eigenvalue weighted by atomic mass is 10.1. The van der Waals surface area contributed by atoms with Gasteiger partial charge in [-0.25, -0.2) is 0 Å². The lowest BCUT2D eigenvalue weighted by molar-refractivity contribution is -0.130. The summed E-state index contributed by atoms with van der Waals surface area (Å²) in [5.41, 5.74) is 0.960. The highest BCUT2D eigenvalue weighted by atomic mass is 16.5. The first-order valence-electron chi connectivity index (χ1n) is 6.95. The van der Waals surface area contributed by atoms with Gasteiger partial charge in [0.2, 0.25) is 11.8 Å². The fraction of sp³-hybridized carbons (Fsp3) is 0.467. The Labute approximate surface area is 118 Å². The van der Waals surface area contributed by atoms with Gasteiger partial charge in [0.15, 0.2) is 0 Å². The smallest absolute Gasteiger partial charge is 0.227 e. The van der Waals surface area contributed by atoms with Crippen LogP contribution < -0.4 is 10.1 Å². The van der Waals surface area contributed by atoms with Crippen LogP contribution in [0.5, 0.6) is 5.75 Å². The van der Waals surface area contributed by atoms with E-state index in [4.69, 9.17) is 4.74 Å². The Morgan fingerprint density at radius 2 is 2.05 bits per heavy atom. The Balaban J connectivity index is 1.91. The third-order valence-electron chi connectivity index (χ3n) is 3.26. The summed E-state index contributed by atoms with van der Waals surface area (Å²) in [6.45, 7) is 4.19. The quantitative estimate of drug-likeness (QED) is 0.891. The summed E-state index contributed by atoms with van der Waals surface area (Å²) in [4.78, 5) is 25.2. The molecule has 0 spiro atoms. The Kier molecular flexibility index (Phi) is 4.98. The van der Waals surface area contributed by atoms with Gasteiger partial charge in [0.1, 0.15) is 5.75 Å². The van der Waals surface area contributed by atoms with E-state index in [1.165, 1.54) is 0 Å². The second kappa shape index (κ2) is 6.93. The summed E-state index contributed by atoms with van der Waals surface area (Å²) in [7, 11) is 0. The van der Waals surface area contributed by atoms with Crippen molar-refractivity contribution >= 4 is 11.8 Å². The van der Waals surface area contributed by atoms with Crippen molar-refractivity contribution in [2.75, 3.05) is 26.2 Å². The van der Waals surface area contributed by atoms with Gasteiger partial charge in [0.05, 0.1) is 13.0 Å². The minimum atomic E-state index is 0.0152. The van der Waals surface area contributed by atoms with E-state index in [0.29, 0.717) is 39.1 Å². The summed E-state index contributed by atoms with van der Waals surface area (Å²) in [6, 6.07) is 7.56. The molecule has 108 valence electrons. The average Bonchev–Trinajstić information content (AvgIpc) is 2.66. The molecule has 2 amide bonds. The van der Waals surface area contributed by atoms with E-state index in [1.54, 1.807) is 4.90 Å². The first kappa shape index (κ1) is 14.4. The highest BCUT2D eigenvalue weighted by Crippen LogP contribution is 2.13. The fourth-order valence-corrected chi connectivity index (χ4v) is 2.17. The summed E-state index contributed by atoms with van der Waals surface area (Å²) in [6.07, 6.45) is 0.746. The molecule has 1 fully saturated rings. The zero-order chi connectivity index (χ0) is 14.4. The summed E-state index contributed by atoms with van der Waals surface area (Å²) < 4.78 is 5.37. The summed E-state index contributed by atoms with van der Waals surface area (Å²) in [5, 5.41) is 2.77. The molecule has 1 aliphatic heterocycles. The molecular formula is C15H20N2O3. The van der Waals surface area contributed by atoms with Crippen molar-refractivity contribution in [1.29, 1.82) is 0 Å². The standard InChI is InChI=1S/C15H20N2O3/c1-2-20-13-5-3-12(4-6-13)11-15(19)17-9-7-14(18)16-8-10-17/h3-6H,2,7-11H2,1H3,(H,16,18). The Morgan fingerprint density at radius 3 is 2.75 bits per heavy atom. The highest BCUT2D eigenvalue weighted by molar-refractivity contribution is 5.81. The molecule has 2 rings (SSSR count). The van der Waals surface area contributed by atoms with E-state index in [1.807, 2.05) is 31.2 Å². The Morgan fingerprint density at radius 1 is 1.30 bits per heavy atom. The minimum Gasteiger partial charge on any atom is -0.494 e. The number of ether oxygens (including phenoxy) is 1. The molecule has 0 atom stereocenters. The van der Waals surface area contributed by atoms with Gasteiger partial charge >= 0.3 is 0 Å². The van der Waals surface area contributed by atoms with Crippen molar-refractivity contribution in [2.24, 2.45) is 0 Å². The van der Waals surface area contributed by atoms with Crippen molar-refractivity contribution in [1.82, 2.24) is 10.2 Å². The van der Waals surface area contributed by atoms with E-state index >= 15 is 0 Å². The number of hydrogen-bond donors (Lipinski definition) is 1. The lowest BCUT2D eigenvalue weighted by Crippen LogP contribution is -2.35. The minimum absolute atomic E-state index is 0.0152. The number of rotatable bonds is 4. The number of benzene rings is 1. The first-order chi connectivity index (χ1) is 9.69. The molecule has 1 N–H and O–H groups in total. The molecule has 0 saturated carbocycles. The van der Waals surface area contributed by atoms with E-state index in [0.717, 1.165) is 11.3 Å². The number of nitrogens with one attached hydrogen (secondary N) is 1. The van der Waals surface area contributed by atoms with E-state index in [9.17, 15) is 9.59 Å². The number of amides is 2. The third kappa shape index (κ3) is 3.98. The Hall–Kier alpha value is -2.04. The maximum absolute atomic E-state index is 12.2. The molecule has 1 heterocycles. The van der Waals surface area contributed by atoms with Gasteiger partial charge in [-0.2, -0.15) is 0 Å². The van der Waals surface area contributed by atoms with Crippen LogP contribution in [0.4, 0.5) is 0 Å². The fourth-order valence-electron chi connectivity index (χ4n) is 2.17. The van der Waals surface area contributed by atoms with Crippen LogP contribution in [0, 0.1) is 0 Å².